The fourth-order valence-corrected chi connectivity index (χ4v) is 2.60. The van der Waals surface area contributed by atoms with Crippen LogP contribution in [-0.2, 0) is 17.9 Å². The van der Waals surface area contributed by atoms with Gasteiger partial charge in [0.1, 0.15) is 0 Å². The Labute approximate surface area is 110 Å². The first-order chi connectivity index (χ1) is 8.72. The predicted molar refractivity (Wildman–Crippen MR) is 72.2 cm³/mol. The molecule has 0 saturated heterocycles. The summed E-state index contributed by atoms with van der Waals surface area (Å²) >= 11 is 0. The highest BCUT2D eigenvalue weighted by molar-refractivity contribution is 5.02. The average molecular weight is 251 g/mol. The molecular formula is C14H25N3O. The zero-order valence-corrected chi connectivity index (χ0v) is 11.4. The molecule has 4 nitrogen and oxygen atoms in total. The summed E-state index contributed by atoms with van der Waals surface area (Å²) in [5, 5.41) is 4.24. The van der Waals surface area contributed by atoms with Crippen molar-refractivity contribution in [2.24, 2.45) is 5.73 Å². The third kappa shape index (κ3) is 3.82. The van der Waals surface area contributed by atoms with Gasteiger partial charge in [-0.25, -0.2) is 0 Å². The van der Waals surface area contributed by atoms with Gasteiger partial charge in [-0.3, -0.25) is 4.68 Å². The van der Waals surface area contributed by atoms with Gasteiger partial charge in [-0.1, -0.05) is 25.7 Å². The van der Waals surface area contributed by atoms with Crippen LogP contribution in [0.1, 0.15) is 51.0 Å². The summed E-state index contributed by atoms with van der Waals surface area (Å²) in [7, 11) is 0. The molecule has 0 aliphatic heterocycles. The van der Waals surface area contributed by atoms with Crippen LogP contribution in [0.5, 0.6) is 0 Å². The maximum Gasteiger partial charge on any atom is 0.0748 e. The summed E-state index contributed by atoms with van der Waals surface area (Å²) < 4.78 is 7.72. The zero-order chi connectivity index (χ0) is 12.8. The molecule has 0 aromatic carbocycles. The highest BCUT2D eigenvalue weighted by Crippen LogP contribution is 2.25. The van der Waals surface area contributed by atoms with E-state index in [1.54, 1.807) is 0 Å². The summed E-state index contributed by atoms with van der Waals surface area (Å²) in [6.07, 6.45) is 11.2. The van der Waals surface area contributed by atoms with E-state index in [1.807, 2.05) is 17.1 Å². The second kappa shape index (κ2) is 6.34. The van der Waals surface area contributed by atoms with Crippen molar-refractivity contribution in [2.75, 3.05) is 6.61 Å². The minimum Gasteiger partial charge on any atom is -0.375 e. The number of hydrogen-bond donors (Lipinski definition) is 1. The fraction of sp³-hybridized carbons (Fsp3) is 0.786. The largest absolute Gasteiger partial charge is 0.375 e. The molecular weight excluding hydrogens is 226 g/mol. The van der Waals surface area contributed by atoms with Gasteiger partial charge >= 0.3 is 0 Å². The van der Waals surface area contributed by atoms with Crippen LogP contribution in [-0.4, -0.2) is 21.9 Å². The van der Waals surface area contributed by atoms with E-state index in [0.29, 0.717) is 13.2 Å². The summed E-state index contributed by atoms with van der Waals surface area (Å²) in [4.78, 5) is 0. The Kier molecular flexibility index (Phi) is 4.78. The Morgan fingerprint density at radius 1 is 1.33 bits per heavy atom. The van der Waals surface area contributed by atoms with Gasteiger partial charge in [0.25, 0.3) is 0 Å². The Morgan fingerprint density at radius 3 is 2.67 bits per heavy atom. The van der Waals surface area contributed by atoms with E-state index in [9.17, 15) is 0 Å². The molecule has 1 aromatic heterocycles. The Balaban J connectivity index is 1.76. The van der Waals surface area contributed by atoms with Crippen molar-refractivity contribution in [3.63, 3.8) is 0 Å². The van der Waals surface area contributed by atoms with Crippen molar-refractivity contribution in [3.05, 3.63) is 18.0 Å². The van der Waals surface area contributed by atoms with Gasteiger partial charge in [0.2, 0.25) is 0 Å². The topological polar surface area (TPSA) is 53.1 Å². The van der Waals surface area contributed by atoms with Gasteiger partial charge in [0.05, 0.1) is 19.4 Å². The molecule has 18 heavy (non-hydrogen) atoms. The van der Waals surface area contributed by atoms with Crippen LogP contribution in [0, 0.1) is 0 Å². The first kappa shape index (κ1) is 13.6. The molecule has 0 bridgehead atoms. The third-order valence-electron chi connectivity index (χ3n) is 3.77. The molecule has 1 saturated carbocycles. The standard InChI is InChI=1S/C14H25N3O/c1-2-17-10-13(9-16-17)11-18-12-14(15)7-5-3-4-6-8-14/h9-10H,2-8,11-12,15H2,1H3. The van der Waals surface area contributed by atoms with E-state index < -0.39 is 0 Å². The molecule has 2 N–H and O–H groups in total. The van der Waals surface area contributed by atoms with Crippen LogP contribution < -0.4 is 5.73 Å². The Bertz CT molecular complexity index is 354. The first-order valence-electron chi connectivity index (χ1n) is 7.10. The van der Waals surface area contributed by atoms with Crippen LogP contribution in [0.4, 0.5) is 0 Å². The molecule has 0 radical (unpaired) electrons. The second-order valence-electron chi connectivity index (χ2n) is 5.47. The minimum absolute atomic E-state index is 0.0999. The normalized spacial score (nSPS) is 19.7. The van der Waals surface area contributed by atoms with Crippen LogP contribution in [0.2, 0.25) is 0 Å². The van der Waals surface area contributed by atoms with Gasteiger partial charge in [-0.05, 0) is 19.8 Å². The lowest BCUT2D eigenvalue weighted by Gasteiger charge is -2.27. The number of rotatable bonds is 5. The van der Waals surface area contributed by atoms with Crippen molar-refractivity contribution >= 4 is 0 Å². The van der Waals surface area contributed by atoms with Gasteiger partial charge in [0, 0.05) is 23.8 Å². The number of nitrogens with two attached hydrogens (primary N) is 1. The van der Waals surface area contributed by atoms with Crippen LogP contribution in [0.15, 0.2) is 12.4 Å². The maximum absolute atomic E-state index is 6.41. The highest BCUT2D eigenvalue weighted by Gasteiger charge is 2.26. The van der Waals surface area contributed by atoms with Crippen LogP contribution >= 0.6 is 0 Å². The molecule has 1 aliphatic rings. The lowest BCUT2D eigenvalue weighted by molar-refractivity contribution is 0.0667. The second-order valence-corrected chi connectivity index (χ2v) is 5.47. The predicted octanol–water partition coefficient (Wildman–Crippen LogP) is 2.47. The van der Waals surface area contributed by atoms with Gasteiger partial charge in [-0.15, -0.1) is 0 Å². The SMILES string of the molecule is CCn1cc(COCC2(N)CCCCCC2)cn1. The smallest absolute Gasteiger partial charge is 0.0748 e. The molecule has 0 amide bonds. The van der Waals surface area contributed by atoms with Crippen molar-refractivity contribution in [1.82, 2.24) is 9.78 Å². The van der Waals surface area contributed by atoms with E-state index in [2.05, 4.69) is 12.0 Å². The van der Waals surface area contributed by atoms with E-state index >= 15 is 0 Å². The highest BCUT2D eigenvalue weighted by atomic mass is 16.5. The summed E-state index contributed by atoms with van der Waals surface area (Å²) in [5.74, 6) is 0. The molecule has 1 aromatic rings. The van der Waals surface area contributed by atoms with Crippen molar-refractivity contribution in [3.8, 4) is 0 Å². The lowest BCUT2D eigenvalue weighted by Crippen LogP contribution is -2.43. The van der Waals surface area contributed by atoms with Crippen LogP contribution in [0.25, 0.3) is 0 Å². The molecule has 0 atom stereocenters. The quantitative estimate of drug-likeness (QED) is 0.818. The lowest BCUT2D eigenvalue weighted by atomic mass is 9.93. The molecule has 1 heterocycles. The molecule has 1 fully saturated rings. The van der Waals surface area contributed by atoms with Crippen molar-refractivity contribution in [2.45, 2.75) is 64.1 Å². The number of hydrogen-bond acceptors (Lipinski definition) is 3. The molecule has 102 valence electrons. The average Bonchev–Trinajstić information content (AvgIpc) is 2.71. The van der Waals surface area contributed by atoms with E-state index in [1.165, 1.54) is 25.7 Å². The molecule has 0 spiro atoms. The summed E-state index contributed by atoms with van der Waals surface area (Å²) in [5.41, 5.74) is 7.44. The van der Waals surface area contributed by atoms with Gasteiger partial charge < -0.3 is 10.5 Å². The minimum atomic E-state index is -0.0999. The van der Waals surface area contributed by atoms with Crippen molar-refractivity contribution in [1.29, 1.82) is 0 Å². The van der Waals surface area contributed by atoms with Gasteiger partial charge in [0.15, 0.2) is 0 Å². The molecule has 1 aliphatic carbocycles. The fourth-order valence-electron chi connectivity index (χ4n) is 2.60. The van der Waals surface area contributed by atoms with Gasteiger partial charge in [-0.2, -0.15) is 5.10 Å². The monoisotopic (exact) mass is 251 g/mol. The number of ether oxygens (including phenoxy) is 1. The molecule has 2 rings (SSSR count). The third-order valence-corrected chi connectivity index (χ3v) is 3.77. The summed E-state index contributed by atoms with van der Waals surface area (Å²) in [6, 6.07) is 0. The van der Waals surface area contributed by atoms with Crippen molar-refractivity contribution < 1.29 is 4.74 Å². The molecule has 0 unspecified atom stereocenters. The Hall–Kier alpha value is -0.870. The maximum atomic E-state index is 6.41. The summed E-state index contributed by atoms with van der Waals surface area (Å²) in [6.45, 7) is 4.28. The zero-order valence-electron chi connectivity index (χ0n) is 11.4. The van der Waals surface area contributed by atoms with E-state index in [0.717, 1.165) is 24.9 Å². The Morgan fingerprint density at radius 2 is 2.06 bits per heavy atom. The molecule has 4 heteroatoms. The van der Waals surface area contributed by atoms with E-state index in [4.69, 9.17) is 10.5 Å². The number of aromatic nitrogens is 2. The van der Waals surface area contributed by atoms with E-state index in [-0.39, 0.29) is 5.54 Å². The number of nitrogens with zero attached hydrogens (tertiary/aromatic N) is 2. The van der Waals surface area contributed by atoms with Crippen LogP contribution in [0.3, 0.4) is 0 Å². The number of aryl methyl sites for hydroxylation is 1. The first-order valence-corrected chi connectivity index (χ1v) is 7.10.